The molecule has 0 saturated carbocycles. The Hall–Kier alpha value is -4.39. The summed E-state index contributed by atoms with van der Waals surface area (Å²) in [5.41, 5.74) is 5.72. The van der Waals surface area contributed by atoms with Gasteiger partial charge in [-0.1, -0.05) is 83.2 Å². The number of carbonyl (C=O) groups excluding carboxylic acids is 2. The van der Waals surface area contributed by atoms with Crippen LogP contribution in [0.15, 0.2) is 83.0 Å². The topological polar surface area (TPSA) is 71.4 Å². The van der Waals surface area contributed by atoms with Crippen molar-refractivity contribution >= 4 is 40.1 Å². The quantitative estimate of drug-likeness (QED) is 0.189. The van der Waals surface area contributed by atoms with Crippen molar-refractivity contribution in [1.82, 2.24) is 4.90 Å². The molecule has 7 heteroatoms. The van der Waals surface area contributed by atoms with Crippen LogP contribution in [0.5, 0.6) is 5.75 Å². The minimum atomic E-state index is -0.745. The molecular formula is C43H53N3O4. The first kappa shape index (κ1) is 35.4. The van der Waals surface area contributed by atoms with Gasteiger partial charge in [-0.3, -0.25) is 14.6 Å². The van der Waals surface area contributed by atoms with Gasteiger partial charge in [0.2, 0.25) is 5.72 Å². The fourth-order valence-electron chi connectivity index (χ4n) is 7.59. The molecule has 2 heterocycles. The van der Waals surface area contributed by atoms with E-state index < -0.39 is 5.72 Å². The van der Waals surface area contributed by atoms with Gasteiger partial charge in [-0.25, -0.2) is 0 Å². The van der Waals surface area contributed by atoms with Gasteiger partial charge < -0.3 is 19.3 Å². The van der Waals surface area contributed by atoms with Crippen molar-refractivity contribution in [3.05, 3.63) is 78.0 Å². The molecule has 3 aliphatic rings. The van der Waals surface area contributed by atoms with Crippen LogP contribution in [-0.2, 0) is 14.3 Å². The summed E-state index contributed by atoms with van der Waals surface area (Å²) < 4.78 is 12.8. The lowest BCUT2D eigenvalue weighted by Gasteiger charge is -2.47. The lowest BCUT2D eigenvalue weighted by Crippen LogP contribution is -2.59. The lowest BCUT2D eigenvalue weighted by molar-refractivity contribution is -0.144. The number of aliphatic imine (C=N–C) groups is 1. The molecule has 2 aliphatic heterocycles. The first-order chi connectivity index (χ1) is 23.8. The van der Waals surface area contributed by atoms with Gasteiger partial charge in [0.05, 0.1) is 24.6 Å². The fraction of sp³-hybridized carbons (Fsp3) is 0.465. The molecule has 1 saturated heterocycles. The van der Waals surface area contributed by atoms with Crippen molar-refractivity contribution in [1.29, 1.82) is 0 Å². The minimum absolute atomic E-state index is 0.0546. The van der Waals surface area contributed by atoms with Gasteiger partial charge in [-0.05, 0) is 79.3 Å². The Labute approximate surface area is 298 Å². The molecule has 1 fully saturated rings. The molecule has 7 nitrogen and oxygen atoms in total. The number of allylic oxidation sites excluding steroid dienone is 3. The van der Waals surface area contributed by atoms with Crippen molar-refractivity contribution in [3.63, 3.8) is 0 Å². The summed E-state index contributed by atoms with van der Waals surface area (Å²) in [5.74, 6) is 0.521. The number of ether oxygens (including phenoxy) is 2. The molecule has 264 valence electrons. The maximum absolute atomic E-state index is 12.2. The van der Waals surface area contributed by atoms with E-state index in [4.69, 9.17) is 14.5 Å². The number of fused-ring (bicyclic) bond motifs is 4. The number of anilines is 1. The van der Waals surface area contributed by atoms with Crippen molar-refractivity contribution < 1.29 is 19.1 Å². The van der Waals surface area contributed by atoms with Crippen molar-refractivity contribution in [2.75, 3.05) is 31.1 Å². The van der Waals surface area contributed by atoms with Gasteiger partial charge in [0, 0.05) is 42.2 Å². The molecule has 50 heavy (non-hydrogen) atoms. The summed E-state index contributed by atoms with van der Waals surface area (Å²) in [4.78, 5) is 34.0. The highest BCUT2D eigenvalue weighted by atomic mass is 16.5. The Morgan fingerprint density at radius 1 is 1.00 bits per heavy atom. The Morgan fingerprint density at radius 3 is 2.38 bits per heavy atom. The van der Waals surface area contributed by atoms with E-state index in [9.17, 15) is 9.59 Å². The first-order valence-electron chi connectivity index (χ1n) is 18.3. The number of benzene rings is 3. The third-order valence-electron chi connectivity index (χ3n) is 10.4. The largest absolute Gasteiger partial charge is 0.464 e. The molecule has 0 N–H and O–H groups in total. The van der Waals surface area contributed by atoms with E-state index in [2.05, 4.69) is 124 Å². The van der Waals surface area contributed by atoms with Gasteiger partial charge in [0.25, 0.3) is 0 Å². The molecule has 0 aromatic heterocycles. The van der Waals surface area contributed by atoms with Gasteiger partial charge >= 0.3 is 5.97 Å². The van der Waals surface area contributed by atoms with Crippen LogP contribution in [0.25, 0.3) is 21.9 Å². The zero-order valence-corrected chi connectivity index (χ0v) is 31.1. The van der Waals surface area contributed by atoms with Crippen molar-refractivity contribution in [3.8, 4) is 16.9 Å². The molecule has 0 amide bonds. The van der Waals surface area contributed by atoms with Crippen molar-refractivity contribution in [2.45, 2.75) is 86.8 Å². The summed E-state index contributed by atoms with van der Waals surface area (Å²) >= 11 is 0. The van der Waals surface area contributed by atoms with E-state index >= 15 is 0 Å². The van der Waals surface area contributed by atoms with Crippen LogP contribution in [0.1, 0.15) is 81.1 Å². The Morgan fingerprint density at radius 2 is 1.70 bits per heavy atom. The number of ketones is 1. The highest BCUT2D eigenvalue weighted by molar-refractivity contribution is 6.05. The average molecular weight is 676 g/mol. The molecule has 1 aliphatic carbocycles. The molecule has 1 atom stereocenters. The normalized spacial score (nSPS) is 19.2. The van der Waals surface area contributed by atoms with E-state index in [-0.39, 0.29) is 47.9 Å². The average Bonchev–Trinajstić information content (AvgIpc) is 3.26. The van der Waals surface area contributed by atoms with Crippen LogP contribution >= 0.6 is 0 Å². The highest BCUT2D eigenvalue weighted by Gasteiger charge is 2.62. The van der Waals surface area contributed by atoms with Crippen LogP contribution in [-0.4, -0.2) is 54.8 Å². The molecule has 3 aromatic rings. The Balaban J connectivity index is 1.27. The Kier molecular flexibility index (Phi) is 9.73. The molecule has 6 rings (SSSR count). The van der Waals surface area contributed by atoms with E-state index in [1.54, 1.807) is 0 Å². The van der Waals surface area contributed by atoms with Gasteiger partial charge in [-0.15, -0.1) is 0 Å². The summed E-state index contributed by atoms with van der Waals surface area (Å²) in [6.45, 7) is 19.7. The number of hydrogen-bond acceptors (Lipinski definition) is 7. The highest BCUT2D eigenvalue weighted by Crippen LogP contribution is 2.59. The van der Waals surface area contributed by atoms with Crippen LogP contribution in [0.3, 0.4) is 0 Å². The standard InChI is InChI=1S/C43H53N3O4/c1-9-45(24-25-49-39(48)23-22-38(47)29(2)3)31-20-18-30(19-21-31)34-26-36-40(33-15-11-10-14-32(33)34)50-43(27-44-36)42(7,8)35-16-12-13-17-37(35)46(43)28-41(4,5)6/h10-11,14-21,26-27,29H,9,12-13,22-25,28H2,1-8H3. The lowest BCUT2D eigenvalue weighted by atomic mass is 9.75. The van der Waals surface area contributed by atoms with Crippen LogP contribution in [0.4, 0.5) is 11.4 Å². The summed E-state index contributed by atoms with van der Waals surface area (Å²) in [5, 5.41) is 2.17. The molecule has 3 aromatic carbocycles. The van der Waals surface area contributed by atoms with Crippen molar-refractivity contribution in [2.24, 2.45) is 21.7 Å². The second-order valence-corrected chi connectivity index (χ2v) is 15.9. The number of esters is 1. The number of nitrogens with zero attached hydrogens (tertiary/aromatic N) is 3. The zero-order chi connectivity index (χ0) is 35.8. The summed E-state index contributed by atoms with van der Waals surface area (Å²) in [6, 6.07) is 19.2. The van der Waals surface area contributed by atoms with Gasteiger partial charge in [-0.2, -0.15) is 0 Å². The second-order valence-electron chi connectivity index (χ2n) is 15.9. The van der Waals surface area contributed by atoms with Crippen LogP contribution in [0.2, 0.25) is 0 Å². The molecule has 1 unspecified atom stereocenters. The number of hydrogen-bond donors (Lipinski definition) is 0. The Bertz CT molecular complexity index is 1860. The number of rotatable bonds is 11. The third-order valence-corrected chi connectivity index (χ3v) is 10.4. The van der Waals surface area contributed by atoms with E-state index in [1.807, 2.05) is 13.8 Å². The van der Waals surface area contributed by atoms with E-state index in [0.717, 1.165) is 65.0 Å². The minimum Gasteiger partial charge on any atom is -0.464 e. The number of likely N-dealkylation sites (tertiary alicyclic amines) is 1. The van der Waals surface area contributed by atoms with Gasteiger partial charge in [0.15, 0.2) is 5.75 Å². The van der Waals surface area contributed by atoms with E-state index in [1.165, 1.54) is 11.3 Å². The monoisotopic (exact) mass is 675 g/mol. The van der Waals surface area contributed by atoms with Crippen LogP contribution < -0.4 is 9.64 Å². The first-order valence-corrected chi connectivity index (χ1v) is 18.3. The summed E-state index contributed by atoms with van der Waals surface area (Å²) in [7, 11) is 0. The number of Topliss-reactive ketones (excluding diaryl/α,β-unsaturated/α-hetero) is 1. The predicted molar refractivity (Wildman–Crippen MR) is 204 cm³/mol. The third kappa shape index (κ3) is 6.59. The number of carbonyl (C=O) groups is 2. The maximum atomic E-state index is 12.2. The summed E-state index contributed by atoms with van der Waals surface area (Å²) in [6.07, 6.45) is 9.31. The zero-order valence-electron chi connectivity index (χ0n) is 31.1. The van der Waals surface area contributed by atoms with Crippen LogP contribution in [0, 0.1) is 16.7 Å². The molecular weight excluding hydrogens is 622 g/mol. The van der Waals surface area contributed by atoms with E-state index in [0.29, 0.717) is 6.54 Å². The molecule has 0 radical (unpaired) electrons. The molecule has 1 spiro atoms. The molecule has 0 bridgehead atoms. The SMILES string of the molecule is CCN(CCOC(=O)CCC(=O)C(C)C)c1ccc(-c2cc3c(c4ccccc24)OC2(C=N3)N(CC(C)(C)C)C3=CCCC=C3C2(C)C)cc1. The maximum Gasteiger partial charge on any atom is 0.306 e. The second kappa shape index (κ2) is 13.7. The number of likely N-dealkylation sites (N-methyl/N-ethyl adjacent to an activating group) is 1. The smallest absolute Gasteiger partial charge is 0.306 e. The van der Waals surface area contributed by atoms with Gasteiger partial charge in [0.1, 0.15) is 18.1 Å². The predicted octanol–water partition coefficient (Wildman–Crippen LogP) is 9.66. The fourth-order valence-corrected chi connectivity index (χ4v) is 7.59.